The van der Waals surface area contributed by atoms with Crippen molar-refractivity contribution < 1.29 is 20.1 Å². The smallest absolute Gasteiger partial charge is 0.303 e. The summed E-state index contributed by atoms with van der Waals surface area (Å²) in [4.78, 5) is 10.6. The molecule has 3 N–H and O–H groups in total. The van der Waals surface area contributed by atoms with E-state index in [9.17, 15) is 15.0 Å². The van der Waals surface area contributed by atoms with Gasteiger partial charge < -0.3 is 15.3 Å². The summed E-state index contributed by atoms with van der Waals surface area (Å²) in [5.74, 6) is 6.09. The van der Waals surface area contributed by atoms with Crippen molar-refractivity contribution in [3.05, 3.63) is 11.6 Å². The van der Waals surface area contributed by atoms with Gasteiger partial charge in [0.1, 0.15) is 6.10 Å². The van der Waals surface area contributed by atoms with Crippen molar-refractivity contribution >= 4 is 5.97 Å². The Hall–Kier alpha value is -1.31. The number of hydrogen-bond acceptors (Lipinski definition) is 3. The van der Waals surface area contributed by atoms with Crippen molar-refractivity contribution in [3.63, 3.8) is 0 Å². The van der Waals surface area contributed by atoms with Gasteiger partial charge in [-0.1, -0.05) is 43.3 Å². The lowest BCUT2D eigenvalue weighted by molar-refractivity contribution is -0.136. The third-order valence-corrected chi connectivity index (χ3v) is 5.38. The predicted octanol–water partition coefficient (Wildman–Crippen LogP) is 3.13. The SMILES string of the molecule is CCCCCC(O)C#C[C@@H]1[C@H]2C/C(=C\CCC(=O)O)[C@H]2CC[C@H]1O. The van der Waals surface area contributed by atoms with E-state index in [0.29, 0.717) is 24.7 Å². The summed E-state index contributed by atoms with van der Waals surface area (Å²) in [5.41, 5.74) is 1.34. The highest BCUT2D eigenvalue weighted by atomic mass is 16.4. The van der Waals surface area contributed by atoms with Crippen molar-refractivity contribution in [1.82, 2.24) is 0 Å². The Bertz CT molecular complexity index is 513. The van der Waals surface area contributed by atoms with Crippen molar-refractivity contribution in [2.75, 3.05) is 0 Å². The second-order valence-electron chi connectivity index (χ2n) is 7.16. The normalized spacial score (nSPS) is 31.5. The second kappa shape index (κ2) is 9.25. The van der Waals surface area contributed by atoms with Crippen LogP contribution in [0.5, 0.6) is 0 Å². The summed E-state index contributed by atoms with van der Waals surface area (Å²) in [7, 11) is 0. The third kappa shape index (κ3) is 5.09. The number of unbranched alkanes of at least 4 members (excludes halogenated alkanes) is 2. The van der Waals surface area contributed by atoms with Crippen molar-refractivity contribution in [1.29, 1.82) is 0 Å². The Morgan fingerprint density at radius 3 is 2.88 bits per heavy atom. The van der Waals surface area contributed by atoms with Crippen LogP contribution in [-0.2, 0) is 4.79 Å². The monoisotopic (exact) mass is 334 g/mol. The molecular weight excluding hydrogens is 304 g/mol. The molecule has 0 heterocycles. The molecule has 134 valence electrons. The number of carbonyl (C=O) groups is 1. The van der Waals surface area contributed by atoms with Gasteiger partial charge in [-0.3, -0.25) is 4.79 Å². The van der Waals surface area contributed by atoms with Gasteiger partial charge in [0, 0.05) is 6.42 Å². The van der Waals surface area contributed by atoms with Crippen LogP contribution in [0.4, 0.5) is 0 Å². The number of fused-ring (bicyclic) bond motifs is 1. The topological polar surface area (TPSA) is 77.8 Å². The van der Waals surface area contributed by atoms with E-state index in [0.717, 1.165) is 38.5 Å². The first-order valence-electron chi connectivity index (χ1n) is 9.30. The molecular formula is C20H30O4. The number of rotatable bonds is 7. The summed E-state index contributed by atoms with van der Waals surface area (Å²) < 4.78 is 0. The van der Waals surface area contributed by atoms with Gasteiger partial charge in [-0.05, 0) is 50.4 Å². The maximum absolute atomic E-state index is 10.6. The van der Waals surface area contributed by atoms with E-state index in [1.807, 2.05) is 0 Å². The fourth-order valence-electron chi connectivity index (χ4n) is 3.94. The van der Waals surface area contributed by atoms with Gasteiger partial charge in [0.05, 0.1) is 12.0 Å². The molecule has 0 bridgehead atoms. The minimum absolute atomic E-state index is 0.0544. The molecule has 24 heavy (non-hydrogen) atoms. The molecule has 0 aromatic rings. The molecule has 0 aliphatic heterocycles. The van der Waals surface area contributed by atoms with Crippen LogP contribution < -0.4 is 0 Å². The highest BCUT2D eigenvalue weighted by Crippen LogP contribution is 2.51. The Balaban J connectivity index is 1.89. The second-order valence-corrected chi connectivity index (χ2v) is 7.16. The quantitative estimate of drug-likeness (QED) is 0.380. The molecule has 2 saturated carbocycles. The Morgan fingerprint density at radius 2 is 2.17 bits per heavy atom. The van der Waals surface area contributed by atoms with Crippen LogP contribution in [-0.4, -0.2) is 33.5 Å². The largest absolute Gasteiger partial charge is 0.481 e. The molecule has 0 radical (unpaired) electrons. The molecule has 2 aliphatic rings. The first-order valence-corrected chi connectivity index (χ1v) is 9.30. The molecule has 2 aliphatic carbocycles. The van der Waals surface area contributed by atoms with Gasteiger partial charge >= 0.3 is 5.97 Å². The lowest BCUT2D eigenvalue weighted by Gasteiger charge is -2.48. The van der Waals surface area contributed by atoms with Gasteiger partial charge in [0.15, 0.2) is 0 Å². The van der Waals surface area contributed by atoms with Crippen LogP contribution in [0.2, 0.25) is 0 Å². The van der Waals surface area contributed by atoms with Crippen molar-refractivity contribution in [2.45, 2.75) is 76.9 Å². The van der Waals surface area contributed by atoms with Gasteiger partial charge in [0.2, 0.25) is 0 Å². The standard InChI is InChI=1S/C20H30O4/c1-2-3-4-7-15(21)9-10-17-18-13-14(6-5-8-20(23)24)16(18)11-12-19(17)22/h6,15-19,21-22H,2-5,7-8,11-13H2,1H3,(H,23,24)/b14-6+/t15?,16-,17-,18+,19-/m1/s1. The molecule has 0 saturated heterocycles. The Kier molecular flexibility index (Phi) is 7.33. The summed E-state index contributed by atoms with van der Waals surface area (Å²) in [6.45, 7) is 2.13. The molecule has 1 unspecified atom stereocenters. The van der Waals surface area contributed by atoms with E-state index >= 15 is 0 Å². The van der Waals surface area contributed by atoms with Crippen LogP contribution in [0.3, 0.4) is 0 Å². The maximum atomic E-state index is 10.6. The highest BCUT2D eigenvalue weighted by molar-refractivity contribution is 5.66. The number of aliphatic hydroxyl groups is 2. The number of allylic oxidation sites excluding steroid dienone is 2. The molecule has 4 nitrogen and oxygen atoms in total. The molecule has 0 aromatic carbocycles. The van der Waals surface area contributed by atoms with E-state index in [1.165, 1.54) is 5.57 Å². The number of carboxylic acids is 1. The van der Waals surface area contributed by atoms with Crippen molar-refractivity contribution in [2.24, 2.45) is 17.8 Å². The fraction of sp³-hybridized carbons (Fsp3) is 0.750. The zero-order chi connectivity index (χ0) is 17.5. The minimum atomic E-state index is -0.761. The van der Waals surface area contributed by atoms with Crippen molar-refractivity contribution in [3.8, 4) is 11.8 Å². The van der Waals surface area contributed by atoms with E-state index < -0.39 is 18.2 Å². The van der Waals surface area contributed by atoms with E-state index in [-0.39, 0.29) is 12.3 Å². The molecule has 0 spiro atoms. The number of carboxylic acid groups (broad SMARTS) is 1. The molecule has 2 rings (SSSR count). The van der Waals surface area contributed by atoms with Gasteiger partial charge in [-0.15, -0.1) is 0 Å². The van der Waals surface area contributed by atoms with Crippen LogP contribution in [0.15, 0.2) is 11.6 Å². The average Bonchev–Trinajstić information content (AvgIpc) is 2.51. The van der Waals surface area contributed by atoms with Gasteiger partial charge in [0.25, 0.3) is 0 Å². The number of aliphatic carboxylic acids is 1. The molecule has 0 amide bonds. The number of aliphatic hydroxyl groups excluding tert-OH is 2. The zero-order valence-electron chi connectivity index (χ0n) is 14.6. The summed E-state index contributed by atoms with van der Waals surface area (Å²) in [6, 6.07) is 0. The molecule has 0 aromatic heterocycles. The van der Waals surface area contributed by atoms with Crippen LogP contribution in [0.1, 0.15) is 64.7 Å². The molecule has 5 atom stereocenters. The Morgan fingerprint density at radius 1 is 1.38 bits per heavy atom. The predicted molar refractivity (Wildman–Crippen MR) is 93.2 cm³/mol. The average molecular weight is 334 g/mol. The third-order valence-electron chi connectivity index (χ3n) is 5.38. The lowest BCUT2D eigenvalue weighted by Crippen LogP contribution is -2.44. The summed E-state index contributed by atoms with van der Waals surface area (Å²) in [5, 5.41) is 29.0. The van der Waals surface area contributed by atoms with E-state index in [4.69, 9.17) is 5.11 Å². The first-order chi connectivity index (χ1) is 11.5. The number of hydrogen-bond donors (Lipinski definition) is 3. The molecule has 2 fully saturated rings. The van der Waals surface area contributed by atoms with Crippen LogP contribution >= 0.6 is 0 Å². The Labute approximate surface area is 145 Å². The van der Waals surface area contributed by atoms with E-state index in [1.54, 1.807) is 0 Å². The molecule has 4 heteroatoms. The highest BCUT2D eigenvalue weighted by Gasteiger charge is 2.46. The van der Waals surface area contributed by atoms with Gasteiger partial charge in [-0.25, -0.2) is 0 Å². The summed E-state index contributed by atoms with van der Waals surface area (Å²) in [6.07, 6.45) is 8.38. The van der Waals surface area contributed by atoms with Crippen LogP contribution in [0.25, 0.3) is 0 Å². The van der Waals surface area contributed by atoms with E-state index in [2.05, 4.69) is 24.8 Å². The lowest BCUT2D eigenvalue weighted by atomic mass is 9.57. The fourth-order valence-corrected chi connectivity index (χ4v) is 3.94. The van der Waals surface area contributed by atoms with Crippen LogP contribution in [0, 0.1) is 29.6 Å². The first kappa shape index (κ1) is 19.0. The minimum Gasteiger partial charge on any atom is -0.481 e. The zero-order valence-corrected chi connectivity index (χ0v) is 14.6. The van der Waals surface area contributed by atoms with Gasteiger partial charge in [-0.2, -0.15) is 0 Å². The summed E-state index contributed by atoms with van der Waals surface area (Å²) >= 11 is 0. The maximum Gasteiger partial charge on any atom is 0.303 e.